The molecular weight excluding hydrogens is 288 g/mol. The van der Waals surface area contributed by atoms with E-state index in [0.29, 0.717) is 0 Å². The topological polar surface area (TPSA) is 45.3 Å². The quantitative estimate of drug-likeness (QED) is 0.938. The fourth-order valence-corrected chi connectivity index (χ4v) is 3.47. The van der Waals surface area contributed by atoms with Crippen molar-refractivity contribution in [2.24, 2.45) is 5.92 Å². The number of carbonyl (C=O) groups excluding carboxylic acids is 1. The Hall–Kier alpha value is -1.97. The van der Waals surface area contributed by atoms with Crippen molar-refractivity contribution >= 4 is 16.8 Å². The van der Waals surface area contributed by atoms with Crippen LogP contribution in [0.25, 0.3) is 10.9 Å². The predicted molar refractivity (Wildman–Crippen MR) is 92.9 cm³/mol. The molecule has 1 amide bonds. The summed E-state index contributed by atoms with van der Waals surface area (Å²) in [6.45, 7) is 8.05. The lowest BCUT2D eigenvalue weighted by Crippen LogP contribution is -2.46. The summed E-state index contributed by atoms with van der Waals surface area (Å²) in [4.78, 5) is 18.4. The lowest BCUT2D eigenvalue weighted by atomic mass is 9.82. The van der Waals surface area contributed by atoms with Crippen molar-refractivity contribution in [3.05, 3.63) is 30.0 Å². The summed E-state index contributed by atoms with van der Waals surface area (Å²) in [6, 6.07) is 5.94. The largest absolute Gasteiger partial charge is 0.497 e. The molecule has 1 saturated heterocycles. The highest BCUT2D eigenvalue weighted by molar-refractivity contribution is 5.95. The number of nitrogens with zero attached hydrogens (tertiary/aromatic N) is 1. The van der Waals surface area contributed by atoms with E-state index in [2.05, 4.69) is 11.9 Å². The molecule has 2 heterocycles. The molecule has 0 unspecified atom stereocenters. The molecule has 1 aromatic heterocycles. The molecule has 3 rings (SSSR count). The van der Waals surface area contributed by atoms with Crippen molar-refractivity contribution in [1.82, 2.24) is 9.88 Å². The minimum Gasteiger partial charge on any atom is -0.497 e. The molecule has 0 radical (unpaired) electrons. The molecular formula is C19H26N2O2. The van der Waals surface area contributed by atoms with E-state index >= 15 is 0 Å². The van der Waals surface area contributed by atoms with Crippen LogP contribution in [-0.4, -0.2) is 36.0 Å². The Morgan fingerprint density at radius 2 is 2.00 bits per heavy atom. The third-order valence-electron chi connectivity index (χ3n) is 5.17. The van der Waals surface area contributed by atoms with E-state index in [4.69, 9.17) is 4.74 Å². The minimum atomic E-state index is -0.550. The molecule has 23 heavy (non-hydrogen) atoms. The number of H-pyrrole nitrogens is 1. The number of carbonyl (C=O) groups is 1. The number of aromatic nitrogens is 1. The first kappa shape index (κ1) is 15.9. The molecule has 1 aromatic carbocycles. The number of benzene rings is 1. The van der Waals surface area contributed by atoms with E-state index in [1.165, 1.54) is 0 Å². The van der Waals surface area contributed by atoms with E-state index in [-0.39, 0.29) is 5.91 Å². The van der Waals surface area contributed by atoms with E-state index in [9.17, 15) is 4.79 Å². The number of piperidine rings is 1. The Morgan fingerprint density at radius 3 is 2.65 bits per heavy atom. The van der Waals surface area contributed by atoms with Gasteiger partial charge in [0.2, 0.25) is 5.91 Å². The van der Waals surface area contributed by atoms with Crippen LogP contribution in [0.5, 0.6) is 5.75 Å². The number of likely N-dealkylation sites (tertiary alicyclic amines) is 1. The highest BCUT2D eigenvalue weighted by Crippen LogP contribution is 2.34. The average Bonchev–Trinajstić information content (AvgIpc) is 2.98. The standard InChI is InChI=1S/C19H26N2O2/c1-13-7-9-21(10-8-13)18(22)19(2,3)16-12-20-17-6-5-14(23-4)11-15(16)17/h5-6,11-13,20H,7-10H2,1-4H3. The number of nitrogens with one attached hydrogen (secondary N) is 1. The van der Waals surface area contributed by atoms with Gasteiger partial charge in [0.25, 0.3) is 0 Å². The maximum absolute atomic E-state index is 13.1. The molecule has 0 bridgehead atoms. The zero-order valence-corrected chi connectivity index (χ0v) is 14.5. The van der Waals surface area contributed by atoms with Crippen molar-refractivity contribution in [1.29, 1.82) is 0 Å². The van der Waals surface area contributed by atoms with Crippen molar-refractivity contribution in [2.75, 3.05) is 20.2 Å². The van der Waals surface area contributed by atoms with Gasteiger partial charge in [0.1, 0.15) is 5.75 Å². The van der Waals surface area contributed by atoms with Gasteiger partial charge >= 0.3 is 0 Å². The number of hydrogen-bond acceptors (Lipinski definition) is 2. The lowest BCUT2D eigenvalue weighted by molar-refractivity contribution is -0.137. The summed E-state index contributed by atoms with van der Waals surface area (Å²) in [5.41, 5.74) is 1.52. The van der Waals surface area contributed by atoms with E-state index in [0.717, 1.165) is 54.1 Å². The van der Waals surface area contributed by atoms with Crippen LogP contribution in [-0.2, 0) is 10.2 Å². The van der Waals surface area contributed by atoms with Crippen LogP contribution in [0.15, 0.2) is 24.4 Å². The number of methoxy groups -OCH3 is 1. The zero-order chi connectivity index (χ0) is 16.6. The Bertz CT molecular complexity index is 709. The highest BCUT2D eigenvalue weighted by atomic mass is 16.5. The van der Waals surface area contributed by atoms with Gasteiger partial charge in [0, 0.05) is 30.2 Å². The second kappa shape index (κ2) is 5.91. The highest BCUT2D eigenvalue weighted by Gasteiger charge is 2.36. The number of fused-ring (bicyclic) bond motifs is 1. The summed E-state index contributed by atoms with van der Waals surface area (Å²) in [6.07, 6.45) is 4.17. The number of aromatic amines is 1. The van der Waals surface area contributed by atoms with Gasteiger partial charge in [0.05, 0.1) is 12.5 Å². The smallest absolute Gasteiger partial charge is 0.232 e. The van der Waals surface area contributed by atoms with Gasteiger partial charge in [-0.15, -0.1) is 0 Å². The van der Waals surface area contributed by atoms with E-state index < -0.39 is 5.41 Å². The fourth-order valence-electron chi connectivity index (χ4n) is 3.47. The number of ether oxygens (including phenoxy) is 1. The van der Waals surface area contributed by atoms with Crippen LogP contribution >= 0.6 is 0 Å². The number of rotatable bonds is 3. The van der Waals surface area contributed by atoms with Crippen LogP contribution in [0.3, 0.4) is 0 Å². The van der Waals surface area contributed by atoms with Gasteiger partial charge in [0.15, 0.2) is 0 Å². The summed E-state index contributed by atoms with van der Waals surface area (Å²) < 4.78 is 5.34. The van der Waals surface area contributed by atoms with Gasteiger partial charge in [-0.2, -0.15) is 0 Å². The first-order chi connectivity index (χ1) is 10.9. The van der Waals surface area contributed by atoms with Crippen LogP contribution in [0.1, 0.15) is 39.2 Å². The SMILES string of the molecule is COc1ccc2[nH]cc(C(C)(C)C(=O)N3CCC(C)CC3)c2c1. The molecule has 0 saturated carbocycles. The van der Waals surface area contributed by atoms with Crippen molar-refractivity contribution < 1.29 is 9.53 Å². The van der Waals surface area contributed by atoms with Gasteiger partial charge < -0.3 is 14.6 Å². The number of hydrogen-bond donors (Lipinski definition) is 1. The molecule has 1 N–H and O–H groups in total. The molecule has 1 aliphatic rings. The lowest BCUT2D eigenvalue weighted by Gasteiger charge is -2.36. The molecule has 4 heteroatoms. The fraction of sp³-hybridized carbons (Fsp3) is 0.526. The summed E-state index contributed by atoms with van der Waals surface area (Å²) in [5.74, 6) is 1.75. The van der Waals surface area contributed by atoms with Gasteiger partial charge in [-0.25, -0.2) is 0 Å². The maximum Gasteiger partial charge on any atom is 0.232 e. The normalized spacial score (nSPS) is 16.8. The second-order valence-electron chi connectivity index (χ2n) is 7.21. The van der Waals surface area contributed by atoms with E-state index in [1.807, 2.05) is 43.1 Å². The molecule has 2 aromatic rings. The van der Waals surface area contributed by atoms with Crippen molar-refractivity contribution in [3.63, 3.8) is 0 Å². The molecule has 4 nitrogen and oxygen atoms in total. The molecule has 1 fully saturated rings. The Kier molecular flexibility index (Phi) is 4.09. The van der Waals surface area contributed by atoms with Crippen molar-refractivity contribution in [3.8, 4) is 5.75 Å². The first-order valence-corrected chi connectivity index (χ1v) is 8.38. The monoisotopic (exact) mass is 314 g/mol. The van der Waals surface area contributed by atoms with Crippen molar-refractivity contribution in [2.45, 2.75) is 39.0 Å². The summed E-state index contributed by atoms with van der Waals surface area (Å²) in [5, 5.41) is 1.06. The van der Waals surface area contributed by atoms with E-state index in [1.54, 1.807) is 7.11 Å². The summed E-state index contributed by atoms with van der Waals surface area (Å²) >= 11 is 0. The minimum absolute atomic E-state index is 0.216. The van der Waals surface area contributed by atoms with Crippen LogP contribution in [0, 0.1) is 5.92 Å². The van der Waals surface area contributed by atoms with Crippen LogP contribution < -0.4 is 4.74 Å². The molecule has 0 atom stereocenters. The van der Waals surface area contributed by atoms with Crippen LogP contribution in [0.2, 0.25) is 0 Å². The number of amides is 1. The Morgan fingerprint density at radius 1 is 1.30 bits per heavy atom. The second-order valence-corrected chi connectivity index (χ2v) is 7.21. The summed E-state index contributed by atoms with van der Waals surface area (Å²) in [7, 11) is 1.67. The molecule has 0 spiro atoms. The first-order valence-electron chi connectivity index (χ1n) is 8.38. The predicted octanol–water partition coefficient (Wildman–Crippen LogP) is 3.71. The molecule has 1 aliphatic heterocycles. The average molecular weight is 314 g/mol. The van der Waals surface area contributed by atoms with Crippen LogP contribution in [0.4, 0.5) is 0 Å². The third kappa shape index (κ3) is 2.82. The Balaban J connectivity index is 1.94. The third-order valence-corrected chi connectivity index (χ3v) is 5.17. The zero-order valence-electron chi connectivity index (χ0n) is 14.5. The van der Waals surface area contributed by atoms with Gasteiger partial charge in [-0.1, -0.05) is 6.92 Å². The maximum atomic E-state index is 13.1. The molecule has 124 valence electrons. The van der Waals surface area contributed by atoms with Gasteiger partial charge in [-0.05, 0) is 56.4 Å². The van der Waals surface area contributed by atoms with Gasteiger partial charge in [-0.3, -0.25) is 4.79 Å². The molecule has 0 aliphatic carbocycles. The Labute approximate surface area is 137 Å².